The number of ether oxygens (including phenoxy) is 1. The van der Waals surface area contributed by atoms with E-state index in [1.54, 1.807) is 6.07 Å². The first kappa shape index (κ1) is 13.9. The zero-order chi connectivity index (χ0) is 14.7. The lowest BCUT2D eigenvalue weighted by Crippen LogP contribution is -1.97. The minimum atomic E-state index is -0.838. The quantitative estimate of drug-likeness (QED) is 0.686. The monoisotopic (exact) mass is 278 g/mol. The molecule has 7 heteroatoms. The van der Waals surface area contributed by atoms with Crippen LogP contribution in [0.1, 0.15) is 11.1 Å². The highest BCUT2D eigenvalue weighted by molar-refractivity contribution is 5.46. The summed E-state index contributed by atoms with van der Waals surface area (Å²) in [4.78, 5) is 13.9. The van der Waals surface area contributed by atoms with E-state index < -0.39 is 10.7 Å². The number of halogens is 1. The predicted molar refractivity (Wildman–Crippen MR) is 68.0 cm³/mol. The van der Waals surface area contributed by atoms with Gasteiger partial charge in [0.1, 0.15) is 0 Å². The highest BCUT2D eigenvalue weighted by Gasteiger charge is 2.17. The summed E-state index contributed by atoms with van der Waals surface area (Å²) in [6.45, 7) is 1.34. The number of nitrogens with zero attached hydrogens (tertiary/aromatic N) is 2. The number of aryl methyl sites for hydroxylation is 1. The molecule has 1 aromatic carbocycles. The maximum atomic E-state index is 13.7. The molecule has 0 atom stereocenters. The number of hydrogen-bond acceptors (Lipinski definition) is 5. The average molecular weight is 278 g/mol. The lowest BCUT2D eigenvalue weighted by Gasteiger charge is -2.07. The van der Waals surface area contributed by atoms with Crippen LogP contribution in [0.15, 0.2) is 30.5 Å². The normalized spacial score (nSPS) is 10.3. The molecule has 0 aliphatic carbocycles. The summed E-state index contributed by atoms with van der Waals surface area (Å²) in [5, 5.41) is 19.6. The highest BCUT2D eigenvalue weighted by Crippen LogP contribution is 2.29. The van der Waals surface area contributed by atoms with Crippen LogP contribution in [0.25, 0.3) is 0 Å². The Hall–Kier alpha value is -2.54. The van der Waals surface area contributed by atoms with Gasteiger partial charge < -0.3 is 9.84 Å². The van der Waals surface area contributed by atoms with Gasteiger partial charge in [-0.3, -0.25) is 10.1 Å². The largest absolute Gasteiger partial charge is 0.436 e. The molecule has 0 saturated carbocycles. The zero-order valence-corrected chi connectivity index (χ0v) is 10.5. The molecule has 0 unspecified atom stereocenters. The molecule has 0 radical (unpaired) electrons. The van der Waals surface area contributed by atoms with Crippen molar-refractivity contribution in [2.45, 2.75) is 13.5 Å². The van der Waals surface area contributed by atoms with Gasteiger partial charge in [-0.2, -0.15) is 0 Å². The van der Waals surface area contributed by atoms with Crippen molar-refractivity contribution in [3.63, 3.8) is 0 Å². The lowest BCUT2D eigenvalue weighted by molar-refractivity contribution is -0.385. The van der Waals surface area contributed by atoms with Crippen molar-refractivity contribution in [1.29, 1.82) is 0 Å². The van der Waals surface area contributed by atoms with Crippen molar-refractivity contribution < 1.29 is 19.2 Å². The fraction of sp³-hybridized carbons (Fsp3) is 0.154. The van der Waals surface area contributed by atoms with Crippen LogP contribution in [-0.4, -0.2) is 15.0 Å². The van der Waals surface area contributed by atoms with E-state index in [2.05, 4.69) is 4.98 Å². The molecule has 0 bridgehead atoms. The van der Waals surface area contributed by atoms with Crippen LogP contribution in [0.2, 0.25) is 0 Å². The summed E-state index contributed by atoms with van der Waals surface area (Å²) in [5.74, 6) is -0.845. The van der Waals surface area contributed by atoms with E-state index in [4.69, 9.17) is 9.84 Å². The molecule has 1 heterocycles. The summed E-state index contributed by atoms with van der Waals surface area (Å²) in [7, 11) is 0. The Balaban J connectivity index is 2.29. The van der Waals surface area contributed by atoms with Crippen LogP contribution in [0.3, 0.4) is 0 Å². The Kier molecular flexibility index (Phi) is 3.90. The molecule has 0 fully saturated rings. The summed E-state index contributed by atoms with van der Waals surface area (Å²) >= 11 is 0. The number of aromatic nitrogens is 1. The van der Waals surface area contributed by atoms with E-state index >= 15 is 0 Å². The smallest absolute Gasteiger partial charge is 0.275 e. The number of aliphatic hydroxyl groups excluding tert-OH is 1. The van der Waals surface area contributed by atoms with Gasteiger partial charge >= 0.3 is 0 Å². The molecule has 0 amide bonds. The Morgan fingerprint density at radius 3 is 2.75 bits per heavy atom. The van der Waals surface area contributed by atoms with Crippen molar-refractivity contribution in [1.82, 2.24) is 4.98 Å². The zero-order valence-electron chi connectivity index (χ0n) is 10.5. The Morgan fingerprint density at radius 1 is 1.45 bits per heavy atom. The van der Waals surface area contributed by atoms with E-state index in [-0.39, 0.29) is 23.9 Å². The summed E-state index contributed by atoms with van der Waals surface area (Å²) in [5.41, 5.74) is 0.578. The molecule has 20 heavy (non-hydrogen) atoms. The number of benzene rings is 1. The van der Waals surface area contributed by atoms with Crippen molar-refractivity contribution in [3.8, 4) is 11.6 Å². The highest BCUT2D eigenvalue weighted by atomic mass is 19.1. The minimum Gasteiger partial charge on any atom is -0.436 e. The second-order valence-electron chi connectivity index (χ2n) is 4.09. The number of pyridine rings is 1. The van der Waals surface area contributed by atoms with E-state index in [0.717, 1.165) is 6.07 Å². The van der Waals surface area contributed by atoms with Gasteiger partial charge in [-0.15, -0.1) is 0 Å². The molecule has 0 aliphatic heterocycles. The molecular weight excluding hydrogens is 267 g/mol. The third-order valence-electron chi connectivity index (χ3n) is 2.64. The first-order valence-corrected chi connectivity index (χ1v) is 5.69. The fourth-order valence-electron chi connectivity index (χ4n) is 1.60. The number of aliphatic hydroxyl groups is 1. The van der Waals surface area contributed by atoms with Gasteiger partial charge in [0.25, 0.3) is 5.69 Å². The van der Waals surface area contributed by atoms with E-state index in [1.165, 1.54) is 25.3 Å². The third-order valence-corrected chi connectivity index (χ3v) is 2.64. The number of nitro benzene ring substituents is 1. The summed E-state index contributed by atoms with van der Waals surface area (Å²) < 4.78 is 19.0. The Bertz CT molecular complexity index is 644. The van der Waals surface area contributed by atoms with E-state index in [0.29, 0.717) is 11.1 Å². The number of hydrogen-bond donors (Lipinski definition) is 1. The average Bonchev–Trinajstić information content (AvgIpc) is 2.43. The molecule has 2 rings (SSSR count). The van der Waals surface area contributed by atoms with Gasteiger partial charge in [-0.25, -0.2) is 9.37 Å². The molecule has 6 nitrogen and oxygen atoms in total. The number of nitro groups is 1. The first-order chi connectivity index (χ1) is 9.51. The Labute approximate surface area is 113 Å². The van der Waals surface area contributed by atoms with E-state index in [9.17, 15) is 14.5 Å². The standard InChI is InChI=1S/C13H11FN2O4/c1-8-4-12(10(14)5-11(8)16(18)19)20-13-3-2-9(7-17)6-15-13/h2-6,17H,7H2,1H3. The van der Waals surface area contributed by atoms with Crippen molar-refractivity contribution in [2.75, 3.05) is 0 Å². The minimum absolute atomic E-state index is 0.134. The molecule has 104 valence electrons. The fourth-order valence-corrected chi connectivity index (χ4v) is 1.60. The van der Waals surface area contributed by atoms with Crippen LogP contribution in [0.4, 0.5) is 10.1 Å². The topological polar surface area (TPSA) is 85.5 Å². The Morgan fingerprint density at radius 2 is 2.20 bits per heavy atom. The van der Waals surface area contributed by atoms with Gasteiger partial charge in [0.2, 0.25) is 5.88 Å². The first-order valence-electron chi connectivity index (χ1n) is 5.69. The van der Waals surface area contributed by atoms with Crippen molar-refractivity contribution >= 4 is 5.69 Å². The van der Waals surface area contributed by atoms with Crippen LogP contribution >= 0.6 is 0 Å². The van der Waals surface area contributed by atoms with Crippen molar-refractivity contribution in [3.05, 3.63) is 57.5 Å². The van der Waals surface area contributed by atoms with Gasteiger partial charge in [-0.1, -0.05) is 0 Å². The van der Waals surface area contributed by atoms with Crippen LogP contribution in [0, 0.1) is 22.9 Å². The van der Waals surface area contributed by atoms with Crippen molar-refractivity contribution in [2.24, 2.45) is 0 Å². The van der Waals surface area contributed by atoms with Crippen LogP contribution < -0.4 is 4.74 Å². The predicted octanol–water partition coefficient (Wildman–Crippen LogP) is 2.72. The van der Waals surface area contributed by atoms with Crippen LogP contribution in [-0.2, 0) is 6.61 Å². The molecule has 0 spiro atoms. The summed E-state index contributed by atoms with van der Waals surface area (Å²) in [6, 6.07) is 5.11. The maximum Gasteiger partial charge on any atom is 0.275 e. The van der Waals surface area contributed by atoms with Crippen LogP contribution in [0.5, 0.6) is 11.6 Å². The number of rotatable bonds is 4. The van der Waals surface area contributed by atoms with E-state index in [1.807, 2.05) is 0 Å². The molecule has 1 N–H and O–H groups in total. The molecule has 0 aliphatic rings. The molecule has 2 aromatic rings. The van der Waals surface area contributed by atoms with Gasteiger partial charge in [0.05, 0.1) is 17.6 Å². The summed E-state index contributed by atoms with van der Waals surface area (Å²) in [6.07, 6.45) is 1.39. The van der Waals surface area contributed by atoms with Gasteiger partial charge in [-0.05, 0) is 24.6 Å². The second-order valence-corrected chi connectivity index (χ2v) is 4.09. The SMILES string of the molecule is Cc1cc(Oc2ccc(CO)cn2)c(F)cc1[N+](=O)[O-]. The van der Waals surface area contributed by atoms with Gasteiger partial charge in [0.15, 0.2) is 11.6 Å². The molecule has 0 saturated heterocycles. The third kappa shape index (κ3) is 2.89. The lowest BCUT2D eigenvalue weighted by atomic mass is 10.2. The maximum absolute atomic E-state index is 13.7. The molecule has 1 aromatic heterocycles. The van der Waals surface area contributed by atoms with Gasteiger partial charge in [0, 0.05) is 17.8 Å². The molecular formula is C13H11FN2O4. The second kappa shape index (κ2) is 5.62.